The van der Waals surface area contributed by atoms with E-state index in [1.807, 2.05) is 13.8 Å². The van der Waals surface area contributed by atoms with Crippen LogP contribution < -0.4 is 0 Å². The average molecular weight is 947 g/mol. The molecule has 18 heteroatoms. The Bertz CT molecular complexity index is 1660. The zero-order chi connectivity index (χ0) is 48.6. The van der Waals surface area contributed by atoms with Crippen molar-refractivity contribution in [1.82, 2.24) is 0 Å². The predicted octanol–water partition coefficient (Wildman–Crippen LogP) is -0.171. The van der Waals surface area contributed by atoms with Crippen molar-refractivity contribution in [3.05, 3.63) is 11.6 Å². The van der Waals surface area contributed by atoms with Gasteiger partial charge in [0.15, 0.2) is 18.9 Å². The predicted molar refractivity (Wildman–Crippen MR) is 234 cm³/mol. The second-order valence-corrected chi connectivity index (χ2v) is 22.7. The normalized spacial score (nSPS) is 51.8. The number of hydrogen-bond donors (Lipinski definition) is 12. The van der Waals surface area contributed by atoms with E-state index in [0.29, 0.717) is 18.3 Å². The van der Waals surface area contributed by atoms with E-state index in [2.05, 4.69) is 41.5 Å². The first-order chi connectivity index (χ1) is 30.9. The van der Waals surface area contributed by atoms with Gasteiger partial charge in [-0.15, -0.1) is 0 Å². The number of aliphatic hydroxyl groups is 12. The standard InChI is InChI=1S/C48H82O18/c1-21(2)17-26(52)32(53)22(3)23-11-15-48(8)25-9-10-30-45(4,5)31(13-14-46(30,6)24(25)12-16-47(23,48)7)64-44-41(66-43-39(60)37(58)34(55)28(19-50)62-43)40(35(56)29(20-51)63-44)65-42-38(59)36(57)33(54)27(18-49)61-42/h17,22-44,49-60H,9-16,18-20H2,1-8H3. The van der Waals surface area contributed by atoms with Crippen molar-refractivity contribution < 1.29 is 89.7 Å². The number of allylic oxidation sites excluding steroid dienone is 1. The van der Waals surface area contributed by atoms with Gasteiger partial charge in [0, 0.05) is 0 Å². The van der Waals surface area contributed by atoms with Gasteiger partial charge in [-0.25, -0.2) is 0 Å². The van der Waals surface area contributed by atoms with E-state index in [1.165, 1.54) is 0 Å². The molecule has 0 spiro atoms. The average Bonchev–Trinajstić information content (AvgIpc) is 3.56. The first kappa shape index (κ1) is 52.8. The Balaban J connectivity index is 1.15. The molecule has 382 valence electrons. The van der Waals surface area contributed by atoms with Gasteiger partial charge in [0.05, 0.1) is 38.1 Å². The smallest absolute Gasteiger partial charge is 0.187 e. The number of rotatable bonds is 13. The third kappa shape index (κ3) is 8.90. The summed E-state index contributed by atoms with van der Waals surface area (Å²) < 4.78 is 37.0. The zero-order valence-electron chi connectivity index (χ0n) is 40.0. The third-order valence-corrected chi connectivity index (χ3v) is 18.9. The van der Waals surface area contributed by atoms with E-state index < -0.39 is 136 Å². The van der Waals surface area contributed by atoms with Crippen LogP contribution in [0.5, 0.6) is 0 Å². The van der Waals surface area contributed by atoms with Gasteiger partial charge < -0.3 is 89.7 Å². The van der Waals surface area contributed by atoms with E-state index in [9.17, 15) is 61.3 Å². The molecule has 4 saturated carbocycles. The number of ether oxygens (including phenoxy) is 6. The van der Waals surface area contributed by atoms with Gasteiger partial charge in [0.1, 0.15) is 73.2 Å². The van der Waals surface area contributed by atoms with Crippen molar-refractivity contribution in [2.24, 2.45) is 51.2 Å². The second-order valence-electron chi connectivity index (χ2n) is 22.7. The Hall–Kier alpha value is -0.980. The largest absolute Gasteiger partial charge is 0.394 e. The lowest BCUT2D eigenvalue weighted by molar-refractivity contribution is -0.399. The zero-order valence-corrected chi connectivity index (χ0v) is 40.0. The molecule has 4 aliphatic carbocycles. The van der Waals surface area contributed by atoms with Crippen LogP contribution in [0.3, 0.4) is 0 Å². The first-order valence-electron chi connectivity index (χ1n) is 24.4. The molecule has 0 bridgehead atoms. The van der Waals surface area contributed by atoms with Crippen molar-refractivity contribution in [1.29, 1.82) is 0 Å². The SMILES string of the molecule is CC(C)=CC(O)C(O)C(C)C1CCC2(C)C3CCC4C(C)(C)C(OC5OC(CO)C(O)C(OC6OC(CO)C(O)C(O)C6O)C5OC5OC(CO)C(O)C(O)C5O)CCC4(C)C3CCC12C. The minimum Gasteiger partial charge on any atom is -0.394 e. The second kappa shape index (κ2) is 19.9. The van der Waals surface area contributed by atoms with Crippen LogP contribution in [0.1, 0.15) is 107 Å². The summed E-state index contributed by atoms with van der Waals surface area (Å²) in [5.41, 5.74) is 0.414. The Morgan fingerprint density at radius 1 is 0.576 bits per heavy atom. The molecule has 0 radical (unpaired) electrons. The number of hydrogen-bond acceptors (Lipinski definition) is 18. The molecule has 7 rings (SSSR count). The molecule has 18 nitrogen and oxygen atoms in total. The molecule has 7 fully saturated rings. The highest BCUT2D eigenvalue weighted by molar-refractivity contribution is 5.17. The summed E-state index contributed by atoms with van der Waals surface area (Å²) in [6.45, 7) is 15.4. The summed E-state index contributed by atoms with van der Waals surface area (Å²) in [4.78, 5) is 0. The van der Waals surface area contributed by atoms with Crippen LogP contribution in [-0.2, 0) is 28.4 Å². The highest BCUT2D eigenvalue weighted by atomic mass is 16.8. The Kier molecular flexibility index (Phi) is 15.9. The van der Waals surface area contributed by atoms with Crippen LogP contribution in [0.25, 0.3) is 0 Å². The maximum Gasteiger partial charge on any atom is 0.187 e. The van der Waals surface area contributed by atoms with Gasteiger partial charge in [-0.3, -0.25) is 0 Å². The summed E-state index contributed by atoms with van der Waals surface area (Å²) in [6.07, 6.45) is -18.1. The molecular weight excluding hydrogens is 865 g/mol. The van der Waals surface area contributed by atoms with E-state index in [4.69, 9.17) is 28.4 Å². The van der Waals surface area contributed by atoms with Crippen LogP contribution in [0, 0.1) is 51.2 Å². The summed E-state index contributed by atoms with van der Waals surface area (Å²) in [6, 6.07) is 0. The molecule has 3 aliphatic heterocycles. The van der Waals surface area contributed by atoms with Crippen molar-refractivity contribution in [3.8, 4) is 0 Å². The molecule has 3 saturated heterocycles. The minimum absolute atomic E-state index is 0.0192. The third-order valence-electron chi connectivity index (χ3n) is 18.9. The monoisotopic (exact) mass is 947 g/mol. The van der Waals surface area contributed by atoms with Crippen molar-refractivity contribution in [2.75, 3.05) is 19.8 Å². The molecule has 12 N–H and O–H groups in total. The van der Waals surface area contributed by atoms with Crippen LogP contribution in [0.15, 0.2) is 11.6 Å². The minimum atomic E-state index is -1.90. The van der Waals surface area contributed by atoms with E-state index in [-0.39, 0.29) is 34.0 Å². The van der Waals surface area contributed by atoms with Crippen LogP contribution in [0.4, 0.5) is 0 Å². The van der Waals surface area contributed by atoms with Crippen LogP contribution >= 0.6 is 0 Å². The maximum atomic E-state index is 11.7. The lowest BCUT2D eigenvalue weighted by atomic mass is 9.38. The summed E-state index contributed by atoms with van der Waals surface area (Å²) in [5.74, 6) is 1.23. The van der Waals surface area contributed by atoms with Gasteiger partial charge in [-0.1, -0.05) is 53.2 Å². The molecule has 26 unspecified atom stereocenters. The Morgan fingerprint density at radius 3 is 1.64 bits per heavy atom. The number of aliphatic hydroxyl groups excluding tert-OH is 12. The van der Waals surface area contributed by atoms with Gasteiger partial charge in [0.25, 0.3) is 0 Å². The molecular formula is C48H82O18. The summed E-state index contributed by atoms with van der Waals surface area (Å²) in [7, 11) is 0. The molecule has 0 aromatic carbocycles. The van der Waals surface area contributed by atoms with E-state index in [0.717, 1.165) is 50.5 Å². The fourth-order valence-electron chi connectivity index (χ4n) is 14.9. The summed E-state index contributed by atoms with van der Waals surface area (Å²) >= 11 is 0. The van der Waals surface area contributed by atoms with Crippen LogP contribution in [0.2, 0.25) is 0 Å². The van der Waals surface area contributed by atoms with E-state index >= 15 is 0 Å². The lowest BCUT2D eigenvalue weighted by Gasteiger charge is -2.68. The molecule has 66 heavy (non-hydrogen) atoms. The molecule has 7 aliphatic rings. The Morgan fingerprint density at radius 2 is 1.09 bits per heavy atom. The Labute approximate surface area is 388 Å². The van der Waals surface area contributed by atoms with Gasteiger partial charge in [-0.2, -0.15) is 0 Å². The highest BCUT2D eigenvalue weighted by Crippen LogP contribution is 2.75. The molecule has 26 atom stereocenters. The fraction of sp³-hybridized carbons (Fsp3) is 0.958. The quantitative estimate of drug-likeness (QED) is 0.0843. The molecule has 0 aromatic heterocycles. The van der Waals surface area contributed by atoms with Gasteiger partial charge >= 0.3 is 0 Å². The number of fused-ring (bicyclic) bond motifs is 5. The molecule has 0 amide bonds. The molecule has 3 heterocycles. The van der Waals surface area contributed by atoms with Crippen molar-refractivity contribution in [3.63, 3.8) is 0 Å². The van der Waals surface area contributed by atoms with Crippen molar-refractivity contribution >= 4 is 0 Å². The van der Waals surface area contributed by atoms with Gasteiger partial charge in [0.2, 0.25) is 0 Å². The van der Waals surface area contributed by atoms with Gasteiger partial charge in [-0.05, 0) is 116 Å². The molecule has 0 aromatic rings. The van der Waals surface area contributed by atoms with E-state index in [1.54, 1.807) is 6.08 Å². The lowest BCUT2D eigenvalue weighted by Crippen LogP contribution is -2.68. The first-order valence-corrected chi connectivity index (χ1v) is 24.4. The topological polar surface area (TPSA) is 298 Å². The maximum absolute atomic E-state index is 11.7. The summed E-state index contributed by atoms with van der Waals surface area (Å²) in [5, 5.41) is 129. The highest BCUT2D eigenvalue weighted by Gasteiger charge is 2.68. The van der Waals surface area contributed by atoms with Crippen LogP contribution in [-0.4, -0.2) is 192 Å². The fourth-order valence-corrected chi connectivity index (χ4v) is 14.9. The van der Waals surface area contributed by atoms with Crippen molar-refractivity contribution in [2.45, 2.75) is 217 Å².